The van der Waals surface area contributed by atoms with Crippen molar-refractivity contribution < 1.29 is 8.42 Å². The van der Waals surface area contributed by atoms with E-state index >= 15 is 0 Å². The minimum Gasteiger partial charge on any atom is -0.376 e. The van der Waals surface area contributed by atoms with Crippen LogP contribution in [-0.4, -0.2) is 38.0 Å². The van der Waals surface area contributed by atoms with Crippen molar-refractivity contribution in [1.82, 2.24) is 9.78 Å². The minimum atomic E-state index is -3.32. The number of hydrogen-bond acceptors (Lipinski definition) is 5. The van der Waals surface area contributed by atoms with E-state index < -0.39 is 9.84 Å². The van der Waals surface area contributed by atoms with E-state index in [1.54, 1.807) is 41.4 Å². The molecule has 7 heteroatoms. The third-order valence-corrected chi connectivity index (χ3v) is 5.07. The van der Waals surface area contributed by atoms with Gasteiger partial charge >= 0.3 is 0 Å². The van der Waals surface area contributed by atoms with E-state index in [1.807, 2.05) is 14.1 Å². The van der Waals surface area contributed by atoms with Crippen LogP contribution >= 0.6 is 0 Å². The normalized spacial score (nSPS) is 11.4. The Labute approximate surface area is 129 Å². The van der Waals surface area contributed by atoms with Crippen LogP contribution < -0.4 is 10.5 Å². The minimum absolute atomic E-state index is 0.0133. The molecule has 0 bridgehead atoms. The zero-order valence-electron chi connectivity index (χ0n) is 12.6. The van der Waals surface area contributed by atoms with Crippen LogP contribution in [0, 0.1) is 0 Å². The van der Waals surface area contributed by atoms with Gasteiger partial charge in [0.2, 0.25) is 0 Å². The number of aryl methyl sites for hydroxylation is 1. The van der Waals surface area contributed by atoms with Crippen molar-refractivity contribution in [3.63, 3.8) is 0 Å². The Morgan fingerprint density at radius 2 is 1.86 bits per heavy atom. The number of sulfone groups is 1. The molecule has 0 fully saturated rings. The van der Waals surface area contributed by atoms with Gasteiger partial charge in [-0.2, -0.15) is 5.10 Å². The van der Waals surface area contributed by atoms with Crippen molar-refractivity contribution in [2.75, 3.05) is 24.7 Å². The molecule has 22 heavy (non-hydrogen) atoms. The highest BCUT2D eigenvalue weighted by molar-refractivity contribution is 7.91. The first-order valence-electron chi connectivity index (χ1n) is 6.92. The summed E-state index contributed by atoms with van der Waals surface area (Å²) in [6.45, 7) is 0.276. The molecule has 0 spiro atoms. The van der Waals surface area contributed by atoms with E-state index in [-0.39, 0.29) is 17.9 Å². The number of nitrogens with zero attached hydrogens (tertiary/aromatic N) is 3. The third kappa shape index (κ3) is 3.94. The fourth-order valence-corrected chi connectivity index (χ4v) is 3.30. The Morgan fingerprint density at radius 1 is 1.18 bits per heavy atom. The van der Waals surface area contributed by atoms with Gasteiger partial charge in [-0.05, 0) is 18.6 Å². The number of hydrogen-bond donors (Lipinski definition) is 0. The summed E-state index contributed by atoms with van der Waals surface area (Å²) >= 11 is 0. The first-order chi connectivity index (χ1) is 10.4. The topological polar surface area (TPSA) is 72.3 Å². The molecule has 1 aromatic heterocycles. The molecule has 1 aromatic carbocycles. The molecule has 0 saturated heterocycles. The first-order valence-corrected chi connectivity index (χ1v) is 8.58. The number of rotatable bonds is 6. The number of aromatic nitrogens is 2. The molecule has 0 radical (unpaired) electrons. The standard InChI is InChI=1S/C15H19N3O3S/c1-17(2)13-11-15(19)18(16-12-13)9-6-10-22(20,21)14-7-4-3-5-8-14/h3-5,7-8,11-12H,6,9-10H2,1-2H3. The van der Waals surface area contributed by atoms with Crippen LogP contribution in [0.4, 0.5) is 5.69 Å². The van der Waals surface area contributed by atoms with Crippen LogP contribution in [0.3, 0.4) is 0 Å². The summed E-state index contributed by atoms with van der Waals surface area (Å²) in [5.41, 5.74) is 0.487. The van der Waals surface area contributed by atoms with Crippen LogP contribution in [0.15, 0.2) is 52.3 Å². The molecule has 0 saturated carbocycles. The largest absolute Gasteiger partial charge is 0.376 e. The van der Waals surface area contributed by atoms with Crippen molar-refractivity contribution >= 4 is 15.5 Å². The second kappa shape index (κ2) is 6.74. The summed E-state index contributed by atoms with van der Waals surface area (Å²) in [5.74, 6) is -0.0133. The van der Waals surface area contributed by atoms with Gasteiger partial charge in [0.25, 0.3) is 5.56 Å². The van der Waals surface area contributed by atoms with E-state index in [4.69, 9.17) is 0 Å². The van der Waals surface area contributed by atoms with Crippen LogP contribution in [0.25, 0.3) is 0 Å². The van der Waals surface area contributed by atoms with Crippen LogP contribution in [-0.2, 0) is 16.4 Å². The Morgan fingerprint density at radius 3 is 2.45 bits per heavy atom. The third-order valence-electron chi connectivity index (χ3n) is 3.26. The molecule has 2 aromatic rings. The lowest BCUT2D eigenvalue weighted by Crippen LogP contribution is -2.25. The predicted molar refractivity (Wildman–Crippen MR) is 85.9 cm³/mol. The average molecular weight is 321 g/mol. The molecular formula is C15H19N3O3S. The second-order valence-corrected chi connectivity index (χ2v) is 7.26. The molecule has 0 amide bonds. The van der Waals surface area contributed by atoms with E-state index in [1.165, 1.54) is 10.7 Å². The monoisotopic (exact) mass is 321 g/mol. The van der Waals surface area contributed by atoms with Crippen LogP contribution in [0.5, 0.6) is 0 Å². The summed E-state index contributed by atoms with van der Waals surface area (Å²) in [5, 5.41) is 4.06. The Balaban J connectivity index is 2.01. The fraction of sp³-hybridized carbons (Fsp3) is 0.333. The van der Waals surface area contributed by atoms with Gasteiger partial charge in [0.15, 0.2) is 9.84 Å². The maximum Gasteiger partial charge on any atom is 0.268 e. The summed E-state index contributed by atoms with van der Waals surface area (Å²) in [6.07, 6.45) is 1.93. The van der Waals surface area contributed by atoms with Gasteiger partial charge in [-0.3, -0.25) is 4.79 Å². The van der Waals surface area contributed by atoms with Crippen molar-refractivity contribution in [3.05, 3.63) is 52.9 Å². The highest BCUT2D eigenvalue weighted by atomic mass is 32.2. The van der Waals surface area contributed by atoms with Crippen LogP contribution in [0.2, 0.25) is 0 Å². The lowest BCUT2D eigenvalue weighted by molar-refractivity contribution is 0.554. The zero-order chi connectivity index (χ0) is 16.2. The molecule has 0 aliphatic carbocycles. The lowest BCUT2D eigenvalue weighted by atomic mass is 10.4. The molecule has 0 aliphatic heterocycles. The molecule has 0 unspecified atom stereocenters. The van der Waals surface area contributed by atoms with Crippen LogP contribution in [0.1, 0.15) is 6.42 Å². The Bertz CT molecular complexity index is 783. The van der Waals surface area contributed by atoms with Crippen molar-refractivity contribution in [2.24, 2.45) is 0 Å². The van der Waals surface area contributed by atoms with Gasteiger partial charge in [0.1, 0.15) is 0 Å². The van der Waals surface area contributed by atoms with Gasteiger partial charge in [0, 0.05) is 26.7 Å². The number of benzene rings is 1. The number of anilines is 1. The summed E-state index contributed by atoms with van der Waals surface area (Å²) in [6, 6.07) is 9.79. The second-order valence-electron chi connectivity index (χ2n) is 5.16. The maximum absolute atomic E-state index is 12.1. The van der Waals surface area contributed by atoms with Gasteiger partial charge < -0.3 is 4.90 Å². The summed E-state index contributed by atoms with van der Waals surface area (Å²) in [7, 11) is 0.337. The summed E-state index contributed by atoms with van der Waals surface area (Å²) in [4.78, 5) is 14.0. The highest BCUT2D eigenvalue weighted by Gasteiger charge is 2.13. The van der Waals surface area contributed by atoms with Gasteiger partial charge in [-0.15, -0.1) is 0 Å². The Hall–Kier alpha value is -2.15. The highest BCUT2D eigenvalue weighted by Crippen LogP contribution is 2.11. The molecule has 6 nitrogen and oxygen atoms in total. The first kappa shape index (κ1) is 16.2. The molecule has 0 atom stereocenters. The van der Waals surface area contributed by atoms with Gasteiger partial charge in [-0.1, -0.05) is 18.2 Å². The molecule has 118 valence electrons. The van der Waals surface area contributed by atoms with Crippen molar-refractivity contribution in [3.8, 4) is 0 Å². The van der Waals surface area contributed by atoms with E-state index in [9.17, 15) is 13.2 Å². The smallest absolute Gasteiger partial charge is 0.268 e. The van der Waals surface area contributed by atoms with E-state index in [0.717, 1.165) is 5.69 Å². The Kier molecular flexibility index (Phi) is 4.97. The van der Waals surface area contributed by atoms with Crippen molar-refractivity contribution in [1.29, 1.82) is 0 Å². The quantitative estimate of drug-likeness (QED) is 0.799. The van der Waals surface area contributed by atoms with Gasteiger partial charge in [0.05, 0.1) is 22.5 Å². The molecule has 0 N–H and O–H groups in total. The molecular weight excluding hydrogens is 302 g/mol. The molecule has 1 heterocycles. The molecule has 0 aliphatic rings. The maximum atomic E-state index is 12.1. The van der Waals surface area contributed by atoms with Crippen molar-refractivity contribution in [2.45, 2.75) is 17.9 Å². The van der Waals surface area contributed by atoms with E-state index in [2.05, 4.69) is 5.10 Å². The lowest BCUT2D eigenvalue weighted by Gasteiger charge is -2.12. The fourth-order valence-electron chi connectivity index (χ4n) is 1.99. The zero-order valence-corrected chi connectivity index (χ0v) is 13.5. The SMILES string of the molecule is CN(C)c1cnn(CCCS(=O)(=O)c2ccccc2)c(=O)c1. The van der Waals surface area contributed by atoms with Gasteiger partial charge in [-0.25, -0.2) is 13.1 Å². The van der Waals surface area contributed by atoms with E-state index in [0.29, 0.717) is 11.3 Å². The molecule has 2 rings (SSSR count). The average Bonchev–Trinajstić information content (AvgIpc) is 2.49. The predicted octanol–water partition coefficient (Wildman–Crippen LogP) is 1.17. The summed E-state index contributed by atoms with van der Waals surface area (Å²) < 4.78 is 25.6.